The highest BCUT2D eigenvalue weighted by Crippen LogP contribution is 2.54. The second kappa shape index (κ2) is 1.92. The van der Waals surface area contributed by atoms with Crippen LogP contribution in [0.4, 0.5) is 0 Å². The summed E-state index contributed by atoms with van der Waals surface area (Å²) in [5.41, 5.74) is -0.169. The minimum atomic E-state index is -0.236. The van der Waals surface area contributed by atoms with Crippen LogP contribution in [0.5, 0.6) is 0 Å². The lowest BCUT2D eigenvalue weighted by Crippen LogP contribution is -2.42. The van der Waals surface area contributed by atoms with Crippen molar-refractivity contribution in [3.05, 3.63) is 0 Å². The summed E-state index contributed by atoms with van der Waals surface area (Å²) in [4.78, 5) is 11.7. The van der Waals surface area contributed by atoms with Crippen molar-refractivity contribution in [2.24, 2.45) is 10.8 Å². The molecule has 0 bridgehead atoms. The molecule has 1 aliphatic carbocycles. The van der Waals surface area contributed by atoms with Gasteiger partial charge < -0.3 is 4.74 Å². The van der Waals surface area contributed by atoms with E-state index >= 15 is 0 Å². The van der Waals surface area contributed by atoms with Gasteiger partial charge in [0.2, 0.25) is 0 Å². The quantitative estimate of drug-likeness (QED) is 0.516. The Bertz CT molecular complexity index is 240. The zero-order valence-electron chi connectivity index (χ0n) is 8.18. The third-order valence-electron chi connectivity index (χ3n) is 3.31. The summed E-state index contributed by atoms with van der Waals surface area (Å²) >= 11 is 0. The molecule has 0 aromatic heterocycles. The molecule has 2 aliphatic rings. The molecule has 2 atom stereocenters. The molecular weight excluding hydrogens is 152 g/mol. The lowest BCUT2D eigenvalue weighted by molar-refractivity contribution is -0.131. The average Bonchev–Trinajstić information content (AvgIpc) is 2.60. The van der Waals surface area contributed by atoms with E-state index in [-0.39, 0.29) is 16.9 Å². The van der Waals surface area contributed by atoms with Crippen LogP contribution in [0.25, 0.3) is 0 Å². The standard InChI is InChI=1S/C10H16O2/c1-9(2)5-6(11)10(3,4)8-7(9)12-8/h7-8H,5H2,1-4H3/t7-,8+/m0/s1. The van der Waals surface area contributed by atoms with Gasteiger partial charge in [-0.3, -0.25) is 4.79 Å². The number of carbonyl (C=O) groups excluding carboxylic acids is 1. The van der Waals surface area contributed by atoms with Crippen molar-refractivity contribution in [1.29, 1.82) is 0 Å². The van der Waals surface area contributed by atoms with Gasteiger partial charge in [0.05, 0.1) is 17.6 Å². The van der Waals surface area contributed by atoms with Crippen molar-refractivity contribution in [3.8, 4) is 0 Å². The molecule has 2 heteroatoms. The molecule has 1 saturated heterocycles. The van der Waals surface area contributed by atoms with Crippen LogP contribution in [0.2, 0.25) is 0 Å². The number of ketones is 1. The number of fused-ring (bicyclic) bond motifs is 1. The first-order chi connectivity index (χ1) is 5.36. The van der Waals surface area contributed by atoms with Crippen LogP contribution in [-0.4, -0.2) is 18.0 Å². The van der Waals surface area contributed by atoms with Gasteiger partial charge in [0.15, 0.2) is 0 Å². The fraction of sp³-hybridized carbons (Fsp3) is 0.900. The molecule has 0 spiro atoms. The molecule has 0 unspecified atom stereocenters. The third-order valence-corrected chi connectivity index (χ3v) is 3.31. The molecule has 0 aromatic rings. The Hall–Kier alpha value is -0.370. The first kappa shape index (κ1) is 8.24. The molecule has 1 aliphatic heterocycles. The van der Waals surface area contributed by atoms with Crippen molar-refractivity contribution in [3.63, 3.8) is 0 Å². The number of ether oxygens (including phenoxy) is 1. The Morgan fingerprint density at radius 2 is 1.83 bits per heavy atom. The van der Waals surface area contributed by atoms with Gasteiger partial charge in [0.1, 0.15) is 5.78 Å². The van der Waals surface area contributed by atoms with Crippen molar-refractivity contribution in [2.75, 3.05) is 0 Å². The fourth-order valence-electron chi connectivity index (χ4n) is 2.16. The van der Waals surface area contributed by atoms with Gasteiger partial charge in [-0.1, -0.05) is 27.7 Å². The van der Waals surface area contributed by atoms with Gasteiger partial charge in [-0.25, -0.2) is 0 Å². The monoisotopic (exact) mass is 168 g/mol. The second-order valence-corrected chi connectivity index (χ2v) is 5.29. The second-order valence-electron chi connectivity index (χ2n) is 5.29. The van der Waals surface area contributed by atoms with Crippen LogP contribution in [0.15, 0.2) is 0 Å². The van der Waals surface area contributed by atoms with E-state index in [1.807, 2.05) is 13.8 Å². The van der Waals surface area contributed by atoms with E-state index in [0.29, 0.717) is 18.3 Å². The van der Waals surface area contributed by atoms with Crippen molar-refractivity contribution in [1.82, 2.24) is 0 Å². The summed E-state index contributed by atoms with van der Waals surface area (Å²) in [6.07, 6.45) is 1.18. The smallest absolute Gasteiger partial charge is 0.141 e. The van der Waals surface area contributed by atoms with Gasteiger partial charge in [-0.15, -0.1) is 0 Å². The first-order valence-electron chi connectivity index (χ1n) is 4.54. The van der Waals surface area contributed by atoms with Crippen molar-refractivity contribution in [2.45, 2.75) is 46.3 Å². The molecule has 2 rings (SSSR count). The maximum atomic E-state index is 11.7. The van der Waals surface area contributed by atoms with E-state index in [9.17, 15) is 4.79 Å². The number of hydrogen-bond donors (Lipinski definition) is 0. The Kier molecular flexibility index (Phi) is 1.32. The Morgan fingerprint density at radius 3 is 2.42 bits per heavy atom. The Morgan fingerprint density at radius 1 is 1.25 bits per heavy atom. The van der Waals surface area contributed by atoms with Crippen molar-refractivity contribution < 1.29 is 9.53 Å². The summed E-state index contributed by atoms with van der Waals surface area (Å²) in [5, 5.41) is 0. The predicted molar refractivity (Wildman–Crippen MR) is 45.8 cm³/mol. The molecule has 0 amide bonds. The molecular formula is C10H16O2. The molecule has 0 radical (unpaired) electrons. The lowest BCUT2D eigenvalue weighted by atomic mass is 9.66. The van der Waals surface area contributed by atoms with Crippen LogP contribution < -0.4 is 0 Å². The number of epoxide rings is 1. The fourth-order valence-corrected chi connectivity index (χ4v) is 2.16. The van der Waals surface area contributed by atoms with Crippen LogP contribution in [0.1, 0.15) is 34.1 Å². The number of hydrogen-bond acceptors (Lipinski definition) is 2. The Labute approximate surface area is 73.3 Å². The first-order valence-corrected chi connectivity index (χ1v) is 4.54. The normalized spacial score (nSPS) is 42.2. The van der Waals surface area contributed by atoms with E-state index in [4.69, 9.17) is 4.74 Å². The summed E-state index contributed by atoms with van der Waals surface area (Å²) in [6, 6.07) is 0. The van der Waals surface area contributed by atoms with Gasteiger partial charge in [0.25, 0.3) is 0 Å². The molecule has 0 N–H and O–H groups in total. The minimum Gasteiger partial charge on any atom is -0.368 e. The largest absolute Gasteiger partial charge is 0.368 e. The highest BCUT2D eigenvalue weighted by molar-refractivity contribution is 5.87. The summed E-state index contributed by atoms with van der Waals surface area (Å²) in [5.74, 6) is 0.353. The zero-order valence-corrected chi connectivity index (χ0v) is 8.18. The Balaban J connectivity index is 2.28. The molecule has 0 aromatic carbocycles. The van der Waals surface area contributed by atoms with Crippen LogP contribution in [0.3, 0.4) is 0 Å². The molecule has 68 valence electrons. The number of carbonyl (C=O) groups is 1. The number of rotatable bonds is 0. The maximum Gasteiger partial charge on any atom is 0.141 e. The summed E-state index contributed by atoms with van der Waals surface area (Å²) in [7, 11) is 0. The summed E-state index contributed by atoms with van der Waals surface area (Å²) < 4.78 is 5.56. The molecule has 12 heavy (non-hydrogen) atoms. The van der Waals surface area contributed by atoms with Crippen LogP contribution in [-0.2, 0) is 9.53 Å². The molecule has 1 heterocycles. The lowest BCUT2D eigenvalue weighted by Gasteiger charge is -2.33. The highest BCUT2D eigenvalue weighted by atomic mass is 16.6. The topological polar surface area (TPSA) is 29.6 Å². The zero-order chi connectivity index (χ0) is 9.15. The highest BCUT2D eigenvalue weighted by Gasteiger charge is 2.63. The van der Waals surface area contributed by atoms with E-state index in [0.717, 1.165) is 0 Å². The molecule has 2 nitrogen and oxygen atoms in total. The number of Topliss-reactive ketones (excluding diaryl/α,β-unsaturated/α-hetero) is 1. The maximum absolute atomic E-state index is 11.7. The average molecular weight is 168 g/mol. The molecule has 1 saturated carbocycles. The van der Waals surface area contributed by atoms with E-state index in [1.165, 1.54) is 0 Å². The van der Waals surface area contributed by atoms with Crippen LogP contribution >= 0.6 is 0 Å². The predicted octanol–water partition coefficient (Wildman–Crippen LogP) is 1.78. The third kappa shape index (κ3) is 0.875. The van der Waals surface area contributed by atoms with Gasteiger partial charge >= 0.3 is 0 Å². The van der Waals surface area contributed by atoms with E-state index in [1.54, 1.807) is 0 Å². The van der Waals surface area contributed by atoms with Gasteiger partial charge in [-0.05, 0) is 0 Å². The van der Waals surface area contributed by atoms with E-state index < -0.39 is 0 Å². The molecule has 2 fully saturated rings. The summed E-state index contributed by atoms with van der Waals surface area (Å²) in [6.45, 7) is 8.22. The van der Waals surface area contributed by atoms with Crippen molar-refractivity contribution >= 4 is 5.78 Å². The van der Waals surface area contributed by atoms with Gasteiger partial charge in [0, 0.05) is 11.8 Å². The minimum absolute atomic E-state index is 0.0667. The van der Waals surface area contributed by atoms with E-state index in [2.05, 4.69) is 13.8 Å². The SMILES string of the molecule is CC1(C)CC(=O)C(C)(C)[C@@H]2O[C@@H]21. The van der Waals surface area contributed by atoms with Gasteiger partial charge in [-0.2, -0.15) is 0 Å². The van der Waals surface area contributed by atoms with Crippen LogP contribution in [0, 0.1) is 10.8 Å².